The number of nitrogens with zero attached hydrogens (tertiary/aromatic N) is 2. The third-order valence-corrected chi connectivity index (χ3v) is 6.91. The largest absolute Gasteiger partial charge is 0.497 e. The van der Waals surface area contributed by atoms with Gasteiger partial charge in [-0.1, -0.05) is 72.8 Å². The van der Waals surface area contributed by atoms with Gasteiger partial charge in [-0.2, -0.15) is 0 Å². The molecule has 3 aromatic rings. The van der Waals surface area contributed by atoms with E-state index >= 15 is 0 Å². The highest BCUT2D eigenvalue weighted by Crippen LogP contribution is 2.19. The number of carbonyl (C=O) groups is 2. The Bertz CT molecular complexity index is 1120. The molecule has 1 aliphatic heterocycles. The Morgan fingerprint density at radius 2 is 1.54 bits per heavy atom. The van der Waals surface area contributed by atoms with Crippen molar-refractivity contribution in [3.8, 4) is 5.75 Å². The van der Waals surface area contributed by atoms with Gasteiger partial charge in [0, 0.05) is 32.6 Å². The van der Waals surface area contributed by atoms with Gasteiger partial charge in [-0.05, 0) is 48.1 Å². The van der Waals surface area contributed by atoms with Crippen molar-refractivity contribution in [2.45, 2.75) is 31.7 Å². The van der Waals surface area contributed by atoms with Crippen molar-refractivity contribution in [2.24, 2.45) is 0 Å². The fraction of sp³-hybridized carbons (Fsp3) is 0.355. The summed E-state index contributed by atoms with van der Waals surface area (Å²) >= 11 is 0. The zero-order valence-corrected chi connectivity index (χ0v) is 21.6. The average molecular weight is 500 g/mol. The predicted molar refractivity (Wildman–Crippen MR) is 146 cm³/mol. The van der Waals surface area contributed by atoms with Gasteiger partial charge in [-0.25, -0.2) is 0 Å². The van der Waals surface area contributed by atoms with E-state index < -0.39 is 0 Å². The molecule has 194 valence electrons. The lowest BCUT2D eigenvalue weighted by Crippen LogP contribution is -2.41. The first-order chi connectivity index (χ1) is 18.1. The zero-order valence-electron chi connectivity index (χ0n) is 21.6. The normalized spacial score (nSPS) is 15.0. The fourth-order valence-electron chi connectivity index (χ4n) is 4.81. The SMILES string of the molecule is COc1ccc(CCC(=O)N2CCCN(CC(=O)NC(Cc3ccccc3)c3ccccc3)CC2)cc1. The lowest BCUT2D eigenvalue weighted by Gasteiger charge is -2.24. The van der Waals surface area contributed by atoms with Crippen molar-refractivity contribution in [1.82, 2.24) is 15.1 Å². The Hall–Kier alpha value is -3.64. The number of rotatable bonds is 10. The topological polar surface area (TPSA) is 61.9 Å². The van der Waals surface area contributed by atoms with Crippen molar-refractivity contribution in [2.75, 3.05) is 39.8 Å². The highest BCUT2D eigenvalue weighted by Gasteiger charge is 2.22. The summed E-state index contributed by atoms with van der Waals surface area (Å²) in [7, 11) is 1.65. The van der Waals surface area contributed by atoms with Crippen LogP contribution >= 0.6 is 0 Å². The van der Waals surface area contributed by atoms with Gasteiger partial charge in [-0.3, -0.25) is 14.5 Å². The van der Waals surface area contributed by atoms with Crippen LogP contribution in [0, 0.1) is 0 Å². The molecule has 1 N–H and O–H groups in total. The molecule has 6 nitrogen and oxygen atoms in total. The van der Waals surface area contributed by atoms with Crippen LogP contribution in [0.5, 0.6) is 5.75 Å². The summed E-state index contributed by atoms with van der Waals surface area (Å²) in [4.78, 5) is 30.0. The number of ether oxygens (including phenoxy) is 1. The highest BCUT2D eigenvalue weighted by atomic mass is 16.5. The van der Waals surface area contributed by atoms with E-state index in [0.29, 0.717) is 32.5 Å². The standard InChI is InChI=1S/C31H37N3O3/c1-37-28-16-13-25(14-17-28)15-18-31(36)34-20-8-19-33(21-22-34)24-30(35)32-29(27-11-6-3-7-12-27)23-26-9-4-2-5-10-26/h2-7,9-14,16-17,29H,8,15,18-24H2,1H3,(H,32,35). The predicted octanol–water partition coefficient (Wildman–Crippen LogP) is 4.26. The number of aryl methyl sites for hydroxylation is 1. The molecular weight excluding hydrogens is 462 g/mol. The molecule has 4 rings (SSSR count). The minimum absolute atomic E-state index is 0.0177. The third kappa shape index (κ3) is 8.19. The second kappa shape index (κ2) is 13.6. The van der Waals surface area contributed by atoms with Crippen LogP contribution in [0.15, 0.2) is 84.9 Å². The number of hydrogen-bond donors (Lipinski definition) is 1. The monoisotopic (exact) mass is 499 g/mol. The van der Waals surface area contributed by atoms with E-state index in [0.717, 1.165) is 42.8 Å². The third-order valence-electron chi connectivity index (χ3n) is 6.91. The Morgan fingerprint density at radius 1 is 0.838 bits per heavy atom. The van der Waals surface area contributed by atoms with Crippen LogP contribution in [0.4, 0.5) is 0 Å². The molecule has 1 unspecified atom stereocenters. The van der Waals surface area contributed by atoms with Gasteiger partial charge >= 0.3 is 0 Å². The van der Waals surface area contributed by atoms with E-state index in [1.807, 2.05) is 65.6 Å². The molecule has 6 heteroatoms. The van der Waals surface area contributed by atoms with Crippen LogP contribution in [-0.2, 0) is 22.4 Å². The summed E-state index contributed by atoms with van der Waals surface area (Å²) in [5.74, 6) is 1.01. The van der Waals surface area contributed by atoms with Gasteiger partial charge in [-0.15, -0.1) is 0 Å². The number of benzene rings is 3. The van der Waals surface area contributed by atoms with Crippen molar-refractivity contribution in [3.05, 3.63) is 102 Å². The molecule has 0 aromatic heterocycles. The Morgan fingerprint density at radius 3 is 2.24 bits per heavy atom. The van der Waals surface area contributed by atoms with E-state index in [-0.39, 0.29) is 17.9 Å². The first kappa shape index (κ1) is 26.4. The van der Waals surface area contributed by atoms with Crippen molar-refractivity contribution < 1.29 is 14.3 Å². The fourth-order valence-corrected chi connectivity index (χ4v) is 4.81. The molecule has 1 saturated heterocycles. The van der Waals surface area contributed by atoms with Crippen LogP contribution in [0.3, 0.4) is 0 Å². The number of amides is 2. The van der Waals surface area contributed by atoms with E-state index in [1.54, 1.807) is 7.11 Å². The molecule has 1 fully saturated rings. The van der Waals surface area contributed by atoms with Gasteiger partial charge in [0.05, 0.1) is 19.7 Å². The molecule has 37 heavy (non-hydrogen) atoms. The Labute approximate surface area is 220 Å². The van der Waals surface area contributed by atoms with Crippen molar-refractivity contribution >= 4 is 11.8 Å². The lowest BCUT2D eigenvalue weighted by atomic mass is 9.99. The molecule has 1 atom stereocenters. The number of methoxy groups -OCH3 is 1. The molecule has 0 bridgehead atoms. The summed E-state index contributed by atoms with van der Waals surface area (Å²) in [5.41, 5.74) is 3.42. The summed E-state index contributed by atoms with van der Waals surface area (Å²) in [6.45, 7) is 3.24. The quantitative estimate of drug-likeness (QED) is 0.453. The van der Waals surface area contributed by atoms with Gasteiger partial charge in [0.2, 0.25) is 11.8 Å². The maximum Gasteiger partial charge on any atom is 0.234 e. The zero-order chi connectivity index (χ0) is 25.9. The van der Waals surface area contributed by atoms with E-state index in [2.05, 4.69) is 34.5 Å². The molecule has 0 radical (unpaired) electrons. The van der Waals surface area contributed by atoms with Crippen LogP contribution in [0.1, 0.15) is 35.6 Å². The number of carbonyl (C=O) groups excluding carboxylic acids is 2. The van der Waals surface area contributed by atoms with Crippen molar-refractivity contribution in [1.29, 1.82) is 0 Å². The number of nitrogens with one attached hydrogen (secondary N) is 1. The minimum Gasteiger partial charge on any atom is -0.497 e. The molecule has 1 heterocycles. The molecule has 2 amide bonds. The smallest absolute Gasteiger partial charge is 0.234 e. The highest BCUT2D eigenvalue weighted by molar-refractivity contribution is 5.79. The van der Waals surface area contributed by atoms with E-state index in [9.17, 15) is 9.59 Å². The molecule has 0 spiro atoms. The van der Waals surface area contributed by atoms with Gasteiger partial charge in [0.1, 0.15) is 5.75 Å². The van der Waals surface area contributed by atoms with Crippen molar-refractivity contribution in [3.63, 3.8) is 0 Å². The maximum absolute atomic E-state index is 13.1. The van der Waals surface area contributed by atoms with E-state index in [4.69, 9.17) is 4.74 Å². The Kier molecular flexibility index (Phi) is 9.72. The summed E-state index contributed by atoms with van der Waals surface area (Å²) in [6, 6.07) is 28.2. The van der Waals surface area contributed by atoms with Gasteiger partial charge < -0.3 is 15.0 Å². The summed E-state index contributed by atoms with van der Waals surface area (Å²) in [5, 5.41) is 3.26. The summed E-state index contributed by atoms with van der Waals surface area (Å²) < 4.78 is 5.20. The van der Waals surface area contributed by atoms with Crippen LogP contribution in [-0.4, -0.2) is 61.4 Å². The second-order valence-corrected chi connectivity index (χ2v) is 9.58. The summed E-state index contributed by atoms with van der Waals surface area (Å²) in [6.07, 6.45) is 2.82. The molecule has 1 aliphatic rings. The van der Waals surface area contributed by atoms with Crippen LogP contribution in [0.25, 0.3) is 0 Å². The van der Waals surface area contributed by atoms with Crippen LogP contribution < -0.4 is 10.1 Å². The second-order valence-electron chi connectivity index (χ2n) is 9.58. The first-order valence-corrected chi connectivity index (χ1v) is 13.1. The van der Waals surface area contributed by atoms with Gasteiger partial charge in [0.15, 0.2) is 0 Å². The minimum atomic E-state index is -0.0842. The molecule has 0 saturated carbocycles. The first-order valence-electron chi connectivity index (χ1n) is 13.1. The van der Waals surface area contributed by atoms with Crippen LogP contribution in [0.2, 0.25) is 0 Å². The molecular formula is C31H37N3O3. The average Bonchev–Trinajstić information content (AvgIpc) is 3.18. The molecule has 0 aliphatic carbocycles. The Balaban J connectivity index is 1.27. The number of hydrogen-bond acceptors (Lipinski definition) is 4. The lowest BCUT2D eigenvalue weighted by molar-refractivity contribution is -0.131. The maximum atomic E-state index is 13.1. The van der Waals surface area contributed by atoms with Gasteiger partial charge in [0.25, 0.3) is 0 Å². The molecule has 3 aromatic carbocycles. The van der Waals surface area contributed by atoms with E-state index in [1.165, 1.54) is 5.56 Å².